The van der Waals surface area contributed by atoms with Crippen LogP contribution in [0.5, 0.6) is 0 Å². The molecule has 1 unspecified atom stereocenters. The van der Waals surface area contributed by atoms with Crippen LogP contribution in [0.25, 0.3) is 0 Å². The number of rotatable bonds is 9. The van der Waals surface area contributed by atoms with Crippen molar-refractivity contribution in [3.63, 3.8) is 0 Å². The first-order valence-corrected chi connectivity index (χ1v) is 6.61. The van der Waals surface area contributed by atoms with Crippen LogP contribution in [0.4, 0.5) is 0 Å². The van der Waals surface area contributed by atoms with Gasteiger partial charge in [0.2, 0.25) is 0 Å². The van der Waals surface area contributed by atoms with Gasteiger partial charge in [-0.1, -0.05) is 0 Å². The molecule has 0 rings (SSSR count). The zero-order valence-corrected chi connectivity index (χ0v) is 11.9. The van der Waals surface area contributed by atoms with Crippen molar-refractivity contribution in [1.82, 2.24) is 0 Å². The first-order chi connectivity index (χ1) is 8.85. The summed E-state index contributed by atoms with van der Waals surface area (Å²) < 4.78 is 9.24. The molecule has 0 aliphatic rings. The maximum absolute atomic E-state index is 11.6. The molecule has 2 N–H and O–H groups in total. The van der Waals surface area contributed by atoms with E-state index in [4.69, 9.17) is 5.11 Å². The molecular formula is C10H16O7S2. The van der Waals surface area contributed by atoms with Crippen LogP contribution in [-0.4, -0.2) is 58.4 Å². The molecule has 0 saturated heterocycles. The SMILES string of the molecule is O=C(O)CC(O)(CC(=O)OCCS)C(=O)OCCS. The van der Waals surface area contributed by atoms with Gasteiger partial charge >= 0.3 is 17.9 Å². The van der Waals surface area contributed by atoms with Gasteiger partial charge in [0.25, 0.3) is 0 Å². The Labute approximate surface area is 121 Å². The van der Waals surface area contributed by atoms with Crippen molar-refractivity contribution < 1.29 is 34.1 Å². The fourth-order valence-corrected chi connectivity index (χ4v) is 1.36. The molecule has 0 radical (unpaired) electrons. The molecule has 0 bridgehead atoms. The molecule has 9 heteroatoms. The molecule has 0 aromatic rings. The number of hydrogen-bond acceptors (Lipinski definition) is 8. The summed E-state index contributed by atoms with van der Waals surface area (Å²) in [5, 5.41) is 18.6. The third-order valence-electron chi connectivity index (χ3n) is 1.94. The Bertz CT molecular complexity index is 334. The standard InChI is InChI=1S/C10H16O7S2/c11-7(12)5-10(15,9(14)17-2-4-19)6-8(13)16-1-3-18/h15,18-19H,1-6H2,(H,11,12). The first kappa shape index (κ1) is 18.1. The normalized spacial score (nSPS) is 13.4. The Morgan fingerprint density at radius 1 is 1.00 bits per heavy atom. The monoisotopic (exact) mass is 312 g/mol. The number of carbonyl (C=O) groups excluding carboxylic acids is 2. The summed E-state index contributed by atoms with van der Waals surface area (Å²) >= 11 is 7.62. The Kier molecular flexibility index (Phi) is 8.61. The van der Waals surface area contributed by atoms with Gasteiger partial charge in [0, 0.05) is 11.5 Å². The summed E-state index contributed by atoms with van der Waals surface area (Å²) in [5.41, 5.74) is -2.44. The van der Waals surface area contributed by atoms with E-state index in [0.717, 1.165) is 0 Å². The minimum absolute atomic E-state index is 0.00319. The van der Waals surface area contributed by atoms with Crippen molar-refractivity contribution in [1.29, 1.82) is 0 Å². The number of ether oxygens (including phenoxy) is 2. The van der Waals surface area contributed by atoms with Crippen LogP contribution in [-0.2, 0) is 23.9 Å². The summed E-state index contributed by atoms with van der Waals surface area (Å²) in [4.78, 5) is 33.6. The van der Waals surface area contributed by atoms with Crippen molar-refractivity contribution in [2.45, 2.75) is 18.4 Å². The molecule has 0 heterocycles. The van der Waals surface area contributed by atoms with Gasteiger partial charge in [-0.05, 0) is 0 Å². The number of carboxylic acid groups (broad SMARTS) is 1. The topological polar surface area (TPSA) is 110 Å². The number of hydrogen-bond donors (Lipinski definition) is 4. The number of carboxylic acids is 1. The highest BCUT2D eigenvalue weighted by molar-refractivity contribution is 7.80. The molecule has 0 aliphatic heterocycles. The van der Waals surface area contributed by atoms with Gasteiger partial charge in [-0.15, -0.1) is 0 Å². The Hall–Kier alpha value is -0.930. The van der Waals surface area contributed by atoms with Crippen molar-refractivity contribution in [3.8, 4) is 0 Å². The minimum atomic E-state index is -2.44. The molecule has 0 fully saturated rings. The number of aliphatic carboxylic acids is 1. The van der Waals surface area contributed by atoms with Gasteiger partial charge in [0.05, 0.1) is 12.8 Å². The highest BCUT2D eigenvalue weighted by Gasteiger charge is 2.42. The smallest absolute Gasteiger partial charge is 0.339 e. The van der Waals surface area contributed by atoms with E-state index in [1.807, 2.05) is 0 Å². The molecule has 0 saturated carbocycles. The summed E-state index contributed by atoms with van der Waals surface area (Å²) in [6, 6.07) is 0. The molecule has 110 valence electrons. The van der Waals surface area contributed by atoms with E-state index in [9.17, 15) is 19.5 Å². The molecule has 7 nitrogen and oxygen atoms in total. The van der Waals surface area contributed by atoms with Crippen LogP contribution >= 0.6 is 25.3 Å². The second kappa shape index (κ2) is 9.05. The van der Waals surface area contributed by atoms with E-state index < -0.39 is 36.4 Å². The quantitative estimate of drug-likeness (QED) is 0.336. The zero-order chi connectivity index (χ0) is 14.9. The lowest BCUT2D eigenvalue weighted by Gasteiger charge is -2.23. The lowest BCUT2D eigenvalue weighted by molar-refractivity contribution is -0.176. The van der Waals surface area contributed by atoms with Crippen LogP contribution in [0.3, 0.4) is 0 Å². The molecule has 0 spiro atoms. The van der Waals surface area contributed by atoms with E-state index in [1.165, 1.54) is 0 Å². The number of thiol groups is 2. The molecule has 0 aromatic carbocycles. The Morgan fingerprint density at radius 3 is 2.00 bits per heavy atom. The minimum Gasteiger partial charge on any atom is -0.481 e. The second-order valence-corrected chi connectivity index (χ2v) is 4.48. The second-order valence-electron chi connectivity index (χ2n) is 3.58. The third kappa shape index (κ3) is 7.28. The molecular weight excluding hydrogens is 296 g/mol. The average molecular weight is 312 g/mol. The summed E-state index contributed by atoms with van der Waals surface area (Å²) in [6.45, 7) is -0.105. The lowest BCUT2D eigenvalue weighted by Crippen LogP contribution is -2.44. The molecule has 0 amide bonds. The van der Waals surface area contributed by atoms with Crippen molar-refractivity contribution in [2.75, 3.05) is 24.7 Å². The van der Waals surface area contributed by atoms with Gasteiger partial charge < -0.3 is 19.7 Å². The van der Waals surface area contributed by atoms with Crippen LogP contribution in [0, 0.1) is 0 Å². The van der Waals surface area contributed by atoms with Gasteiger partial charge in [-0.25, -0.2) is 4.79 Å². The van der Waals surface area contributed by atoms with Crippen molar-refractivity contribution >= 4 is 43.2 Å². The maximum atomic E-state index is 11.6. The predicted octanol–water partition coefficient (Wildman–Crippen LogP) is -0.472. The highest BCUT2D eigenvalue weighted by Crippen LogP contribution is 2.19. The summed E-state index contributed by atoms with van der Waals surface area (Å²) in [5.74, 6) is -3.05. The van der Waals surface area contributed by atoms with Crippen LogP contribution < -0.4 is 0 Å². The third-order valence-corrected chi connectivity index (χ3v) is 2.30. The van der Waals surface area contributed by atoms with E-state index in [-0.39, 0.29) is 24.7 Å². The first-order valence-electron chi connectivity index (χ1n) is 5.34. The van der Waals surface area contributed by atoms with Gasteiger partial charge in [-0.3, -0.25) is 9.59 Å². The summed E-state index contributed by atoms with van der Waals surface area (Å²) in [6.07, 6.45) is -1.74. The Morgan fingerprint density at radius 2 is 1.53 bits per heavy atom. The van der Waals surface area contributed by atoms with Crippen molar-refractivity contribution in [3.05, 3.63) is 0 Å². The van der Waals surface area contributed by atoms with Gasteiger partial charge in [0.1, 0.15) is 13.2 Å². The predicted molar refractivity (Wildman–Crippen MR) is 71.4 cm³/mol. The zero-order valence-electron chi connectivity index (χ0n) is 10.1. The highest BCUT2D eigenvalue weighted by atomic mass is 32.1. The summed E-state index contributed by atoms with van der Waals surface area (Å²) in [7, 11) is 0. The molecule has 0 aliphatic carbocycles. The van der Waals surface area contributed by atoms with E-state index >= 15 is 0 Å². The van der Waals surface area contributed by atoms with Gasteiger partial charge in [0.15, 0.2) is 5.60 Å². The van der Waals surface area contributed by atoms with E-state index in [1.54, 1.807) is 0 Å². The van der Waals surface area contributed by atoms with Crippen LogP contribution in [0.2, 0.25) is 0 Å². The Balaban J connectivity index is 4.71. The van der Waals surface area contributed by atoms with Crippen LogP contribution in [0.15, 0.2) is 0 Å². The molecule has 1 atom stereocenters. The van der Waals surface area contributed by atoms with Crippen LogP contribution in [0.1, 0.15) is 12.8 Å². The molecule has 0 aromatic heterocycles. The number of carbonyl (C=O) groups is 3. The fourth-order valence-electron chi connectivity index (χ4n) is 1.18. The van der Waals surface area contributed by atoms with Gasteiger partial charge in [-0.2, -0.15) is 25.3 Å². The maximum Gasteiger partial charge on any atom is 0.339 e. The largest absolute Gasteiger partial charge is 0.481 e. The van der Waals surface area contributed by atoms with E-state index in [0.29, 0.717) is 0 Å². The lowest BCUT2D eigenvalue weighted by atomic mass is 9.96. The average Bonchev–Trinajstić information content (AvgIpc) is 2.32. The number of aliphatic hydroxyl groups is 1. The van der Waals surface area contributed by atoms with Crippen molar-refractivity contribution in [2.24, 2.45) is 0 Å². The van der Waals surface area contributed by atoms with E-state index in [2.05, 4.69) is 34.7 Å². The molecule has 19 heavy (non-hydrogen) atoms. The fraction of sp³-hybridized carbons (Fsp3) is 0.700. The number of esters is 2.